The molecule has 4 bridgehead atoms. The van der Waals surface area contributed by atoms with E-state index in [1.165, 1.54) is 19.3 Å². The first-order valence-corrected chi connectivity index (χ1v) is 12.2. The van der Waals surface area contributed by atoms with E-state index in [4.69, 9.17) is 14.2 Å². The summed E-state index contributed by atoms with van der Waals surface area (Å²) in [7, 11) is 0. The Bertz CT molecular complexity index is 1090. The molecule has 6 heteroatoms. The van der Waals surface area contributed by atoms with Gasteiger partial charge in [-0.2, -0.15) is 0 Å². The Morgan fingerprint density at radius 2 is 1.67 bits per heavy atom. The second kappa shape index (κ2) is 7.64. The van der Waals surface area contributed by atoms with Gasteiger partial charge in [-0.15, -0.1) is 0 Å². The summed E-state index contributed by atoms with van der Waals surface area (Å²) in [6.07, 6.45) is 6.70. The number of benzene rings is 1. The average Bonchev–Trinajstić information content (AvgIpc) is 3.35. The molecule has 1 aromatic carbocycles. The summed E-state index contributed by atoms with van der Waals surface area (Å²) in [5.41, 5.74) is 3.27. The SMILES string of the molecule is Cc1cc(C(=O)COC(=O)C23CC4CC(CC(C4)C2)C3)c(C)n1Cc1ccc2c(c1)OCO2. The van der Waals surface area contributed by atoms with Crippen molar-refractivity contribution in [3.05, 3.63) is 46.8 Å². The molecule has 7 rings (SSSR count). The van der Waals surface area contributed by atoms with Gasteiger partial charge in [0.2, 0.25) is 12.6 Å². The van der Waals surface area contributed by atoms with E-state index in [-0.39, 0.29) is 30.6 Å². The minimum atomic E-state index is -0.328. The van der Waals surface area contributed by atoms with Gasteiger partial charge in [0.1, 0.15) is 0 Å². The Morgan fingerprint density at radius 1 is 1.00 bits per heavy atom. The van der Waals surface area contributed by atoms with Crippen LogP contribution in [0.25, 0.3) is 0 Å². The molecule has 0 N–H and O–H groups in total. The number of aryl methyl sites for hydroxylation is 1. The molecule has 5 aliphatic rings. The van der Waals surface area contributed by atoms with Gasteiger partial charge < -0.3 is 18.8 Å². The first-order chi connectivity index (χ1) is 15.9. The third kappa shape index (κ3) is 3.54. The van der Waals surface area contributed by atoms with Gasteiger partial charge in [-0.05, 0) is 93.9 Å². The summed E-state index contributed by atoms with van der Waals surface area (Å²) in [6.45, 7) is 4.66. The number of hydrogen-bond acceptors (Lipinski definition) is 5. The van der Waals surface area contributed by atoms with Gasteiger partial charge in [-0.1, -0.05) is 6.07 Å². The quantitative estimate of drug-likeness (QED) is 0.467. The van der Waals surface area contributed by atoms with Crippen molar-refractivity contribution in [1.29, 1.82) is 0 Å². The molecule has 0 atom stereocenters. The molecule has 0 saturated heterocycles. The van der Waals surface area contributed by atoms with E-state index in [9.17, 15) is 9.59 Å². The number of ether oxygens (including phenoxy) is 3. The monoisotopic (exact) mass is 449 g/mol. The van der Waals surface area contributed by atoms with Crippen LogP contribution in [0, 0.1) is 37.0 Å². The van der Waals surface area contributed by atoms with E-state index in [0.29, 0.717) is 29.9 Å². The van der Waals surface area contributed by atoms with Crippen molar-refractivity contribution in [3.63, 3.8) is 0 Å². The first kappa shape index (κ1) is 20.8. The van der Waals surface area contributed by atoms with Gasteiger partial charge in [0.15, 0.2) is 18.1 Å². The van der Waals surface area contributed by atoms with Gasteiger partial charge in [0.05, 0.1) is 5.41 Å². The third-order valence-electron chi connectivity index (χ3n) is 8.46. The topological polar surface area (TPSA) is 66.8 Å². The van der Waals surface area contributed by atoms with Crippen LogP contribution in [0.15, 0.2) is 24.3 Å². The molecule has 1 aliphatic heterocycles. The molecule has 174 valence electrons. The van der Waals surface area contributed by atoms with E-state index < -0.39 is 0 Å². The molecular formula is C27H31NO5. The van der Waals surface area contributed by atoms with Crippen LogP contribution in [-0.2, 0) is 16.1 Å². The van der Waals surface area contributed by atoms with Crippen molar-refractivity contribution < 1.29 is 23.8 Å². The van der Waals surface area contributed by atoms with Crippen LogP contribution in [0.5, 0.6) is 11.5 Å². The highest BCUT2D eigenvalue weighted by Gasteiger charge is 2.55. The molecule has 0 spiro atoms. The lowest BCUT2D eigenvalue weighted by Gasteiger charge is -2.55. The number of carbonyl (C=O) groups excluding carboxylic acids is 2. The number of Topliss-reactive ketones (excluding diaryl/α,β-unsaturated/α-hetero) is 1. The largest absolute Gasteiger partial charge is 0.457 e. The molecule has 0 unspecified atom stereocenters. The van der Waals surface area contributed by atoms with Crippen molar-refractivity contribution >= 4 is 11.8 Å². The zero-order chi connectivity index (χ0) is 22.7. The fourth-order valence-electron chi connectivity index (χ4n) is 7.27. The number of ketones is 1. The number of nitrogens with zero attached hydrogens (tertiary/aromatic N) is 1. The highest BCUT2D eigenvalue weighted by Crippen LogP contribution is 2.60. The minimum absolute atomic E-state index is 0.127. The van der Waals surface area contributed by atoms with Gasteiger partial charge in [0.25, 0.3) is 0 Å². The predicted molar refractivity (Wildman–Crippen MR) is 121 cm³/mol. The maximum atomic E-state index is 13.1. The summed E-state index contributed by atoms with van der Waals surface area (Å²) in [4.78, 5) is 26.2. The first-order valence-electron chi connectivity index (χ1n) is 12.2. The highest BCUT2D eigenvalue weighted by atomic mass is 16.7. The Kier molecular flexibility index (Phi) is 4.82. The van der Waals surface area contributed by atoms with E-state index in [1.54, 1.807) is 0 Å². The molecule has 33 heavy (non-hydrogen) atoms. The molecule has 2 aromatic rings. The summed E-state index contributed by atoms with van der Waals surface area (Å²) in [6, 6.07) is 7.82. The molecule has 4 saturated carbocycles. The van der Waals surface area contributed by atoms with Crippen LogP contribution in [0.2, 0.25) is 0 Å². The lowest BCUT2D eigenvalue weighted by atomic mass is 9.49. The highest BCUT2D eigenvalue weighted by molar-refractivity contribution is 5.99. The summed E-state index contributed by atoms with van der Waals surface area (Å²) in [5.74, 6) is 3.28. The molecule has 2 heterocycles. The Hall–Kier alpha value is -2.76. The van der Waals surface area contributed by atoms with Crippen LogP contribution in [0.1, 0.15) is 65.8 Å². The van der Waals surface area contributed by atoms with Crippen LogP contribution >= 0.6 is 0 Å². The Morgan fingerprint density at radius 3 is 2.36 bits per heavy atom. The van der Waals surface area contributed by atoms with E-state index in [1.807, 2.05) is 38.1 Å². The van der Waals surface area contributed by atoms with Gasteiger partial charge in [-0.3, -0.25) is 9.59 Å². The molecular weight excluding hydrogens is 418 g/mol. The number of fused-ring (bicyclic) bond motifs is 1. The third-order valence-corrected chi connectivity index (χ3v) is 8.46. The van der Waals surface area contributed by atoms with Gasteiger partial charge in [0, 0.05) is 23.5 Å². The number of rotatable bonds is 6. The van der Waals surface area contributed by atoms with Crippen molar-refractivity contribution in [2.24, 2.45) is 23.2 Å². The minimum Gasteiger partial charge on any atom is -0.457 e. The lowest BCUT2D eigenvalue weighted by Crippen LogP contribution is -2.50. The molecule has 0 amide bonds. The molecule has 6 nitrogen and oxygen atoms in total. The fraction of sp³-hybridized carbons (Fsp3) is 0.556. The maximum Gasteiger partial charge on any atom is 0.312 e. The normalized spacial score (nSPS) is 28.8. The summed E-state index contributed by atoms with van der Waals surface area (Å²) in [5, 5.41) is 0. The van der Waals surface area contributed by atoms with Crippen LogP contribution < -0.4 is 9.47 Å². The Labute approximate surface area is 194 Å². The number of hydrogen-bond donors (Lipinski definition) is 0. The Balaban J connectivity index is 1.14. The van der Waals surface area contributed by atoms with E-state index >= 15 is 0 Å². The predicted octanol–water partition coefficient (Wildman–Crippen LogP) is 4.82. The summed E-state index contributed by atoms with van der Waals surface area (Å²) >= 11 is 0. The van der Waals surface area contributed by atoms with Crippen molar-refractivity contribution in [3.8, 4) is 11.5 Å². The fourth-order valence-corrected chi connectivity index (χ4v) is 7.27. The van der Waals surface area contributed by atoms with Gasteiger partial charge in [-0.25, -0.2) is 0 Å². The van der Waals surface area contributed by atoms with E-state index in [0.717, 1.165) is 47.7 Å². The average molecular weight is 450 g/mol. The summed E-state index contributed by atoms with van der Waals surface area (Å²) < 4.78 is 18.7. The van der Waals surface area contributed by atoms with Crippen LogP contribution in [-0.4, -0.2) is 29.7 Å². The van der Waals surface area contributed by atoms with Crippen molar-refractivity contribution in [1.82, 2.24) is 4.57 Å². The number of aromatic nitrogens is 1. The maximum absolute atomic E-state index is 13.1. The smallest absolute Gasteiger partial charge is 0.312 e. The molecule has 1 aromatic heterocycles. The molecule has 4 fully saturated rings. The molecule has 4 aliphatic carbocycles. The molecule has 0 radical (unpaired) electrons. The zero-order valence-corrected chi connectivity index (χ0v) is 19.4. The van der Waals surface area contributed by atoms with Crippen molar-refractivity contribution in [2.75, 3.05) is 13.4 Å². The standard InChI is InChI=1S/C27H31NO5/c1-16-5-22(17(2)28(16)13-18-3-4-24-25(9-18)33-15-32-24)23(29)14-31-26(30)27-10-19-6-20(11-27)8-21(7-19)12-27/h3-5,9,19-21H,6-8,10-15H2,1-2H3. The van der Waals surface area contributed by atoms with Gasteiger partial charge >= 0.3 is 5.97 Å². The number of esters is 1. The number of carbonyl (C=O) groups is 2. The van der Waals surface area contributed by atoms with Crippen LogP contribution in [0.3, 0.4) is 0 Å². The lowest BCUT2D eigenvalue weighted by molar-refractivity contribution is -0.170. The van der Waals surface area contributed by atoms with E-state index in [2.05, 4.69) is 4.57 Å². The second-order valence-corrected chi connectivity index (χ2v) is 10.8. The van der Waals surface area contributed by atoms with Crippen molar-refractivity contribution in [2.45, 2.75) is 58.9 Å². The van der Waals surface area contributed by atoms with Crippen LogP contribution in [0.4, 0.5) is 0 Å². The second-order valence-electron chi connectivity index (χ2n) is 10.8. The zero-order valence-electron chi connectivity index (χ0n) is 19.4.